The highest BCUT2D eigenvalue weighted by molar-refractivity contribution is 6.10. The number of anilines is 1. The largest absolute Gasteiger partial charge is 0.325 e. The van der Waals surface area contributed by atoms with Crippen molar-refractivity contribution in [2.45, 2.75) is 25.3 Å². The summed E-state index contributed by atoms with van der Waals surface area (Å²) in [7, 11) is 0. The van der Waals surface area contributed by atoms with Crippen molar-refractivity contribution in [2.75, 3.05) is 11.9 Å². The van der Waals surface area contributed by atoms with Crippen LogP contribution < -0.4 is 10.6 Å². The zero-order valence-corrected chi connectivity index (χ0v) is 14.6. The summed E-state index contributed by atoms with van der Waals surface area (Å²) in [5.74, 6) is -0.807. The molecule has 0 radical (unpaired) electrons. The summed E-state index contributed by atoms with van der Waals surface area (Å²) in [5.41, 5.74) is 0.235. The fourth-order valence-electron chi connectivity index (χ4n) is 3.24. The normalized spacial score (nSPS) is 19.3. The molecule has 0 bridgehead atoms. The molecule has 1 aliphatic heterocycles. The standard InChI is InChI=1S/C20H21N3O3/c1-2-13-20(15-9-5-3-6-10-15)18(25)23(19(26)22-20)14-17(24)21-16-11-7-4-8-12-16/h3-12H,2,13-14H2,1H3,(H,21,24)(H,22,26)/t20-/m0/s1. The van der Waals surface area contributed by atoms with Crippen molar-refractivity contribution in [3.63, 3.8) is 0 Å². The molecule has 3 rings (SSSR count). The molecule has 0 saturated carbocycles. The van der Waals surface area contributed by atoms with E-state index in [4.69, 9.17) is 0 Å². The molecule has 0 aromatic heterocycles. The predicted octanol–water partition coefficient (Wildman–Crippen LogP) is 2.87. The van der Waals surface area contributed by atoms with Crippen LogP contribution in [0, 0.1) is 0 Å². The predicted molar refractivity (Wildman–Crippen MR) is 98.3 cm³/mol. The maximum Gasteiger partial charge on any atom is 0.325 e. The SMILES string of the molecule is CCC[C@@]1(c2ccccc2)NC(=O)N(CC(=O)Nc2ccccc2)C1=O. The van der Waals surface area contributed by atoms with E-state index >= 15 is 0 Å². The van der Waals surface area contributed by atoms with Crippen LogP contribution in [0.5, 0.6) is 0 Å². The van der Waals surface area contributed by atoms with Gasteiger partial charge in [-0.1, -0.05) is 61.9 Å². The number of hydrogen-bond donors (Lipinski definition) is 2. The molecule has 0 spiro atoms. The minimum absolute atomic E-state index is 0.322. The fourth-order valence-corrected chi connectivity index (χ4v) is 3.24. The zero-order chi connectivity index (χ0) is 18.6. The third-order valence-corrected chi connectivity index (χ3v) is 4.43. The van der Waals surface area contributed by atoms with Gasteiger partial charge in [-0.2, -0.15) is 0 Å². The highest BCUT2D eigenvalue weighted by Crippen LogP contribution is 2.33. The zero-order valence-electron chi connectivity index (χ0n) is 14.6. The molecule has 134 valence electrons. The van der Waals surface area contributed by atoms with Gasteiger partial charge in [0.2, 0.25) is 5.91 Å². The van der Waals surface area contributed by atoms with Crippen molar-refractivity contribution < 1.29 is 14.4 Å². The van der Waals surface area contributed by atoms with Crippen molar-refractivity contribution >= 4 is 23.5 Å². The highest BCUT2D eigenvalue weighted by Gasteiger charge is 2.52. The van der Waals surface area contributed by atoms with Gasteiger partial charge in [0.05, 0.1) is 0 Å². The molecule has 1 atom stereocenters. The van der Waals surface area contributed by atoms with Gasteiger partial charge in [-0.3, -0.25) is 14.5 Å². The molecule has 6 nitrogen and oxygen atoms in total. The van der Waals surface area contributed by atoms with Crippen LogP contribution in [-0.2, 0) is 15.1 Å². The van der Waals surface area contributed by atoms with Gasteiger partial charge >= 0.3 is 6.03 Å². The second-order valence-electron chi connectivity index (χ2n) is 6.26. The maximum atomic E-state index is 13.1. The van der Waals surface area contributed by atoms with Crippen LogP contribution in [0.2, 0.25) is 0 Å². The van der Waals surface area contributed by atoms with Gasteiger partial charge < -0.3 is 10.6 Å². The lowest BCUT2D eigenvalue weighted by molar-refractivity contribution is -0.134. The lowest BCUT2D eigenvalue weighted by Crippen LogP contribution is -2.44. The third-order valence-electron chi connectivity index (χ3n) is 4.43. The third kappa shape index (κ3) is 3.31. The van der Waals surface area contributed by atoms with Crippen molar-refractivity contribution in [3.8, 4) is 0 Å². The number of carbonyl (C=O) groups is 3. The second-order valence-corrected chi connectivity index (χ2v) is 6.26. The molecule has 2 aromatic rings. The Bertz CT molecular complexity index is 808. The molecular formula is C20H21N3O3. The molecule has 2 aromatic carbocycles. The Morgan fingerprint density at radius 3 is 2.27 bits per heavy atom. The molecule has 6 heteroatoms. The molecule has 1 saturated heterocycles. The van der Waals surface area contributed by atoms with E-state index in [0.717, 1.165) is 10.5 Å². The van der Waals surface area contributed by atoms with Gasteiger partial charge in [-0.15, -0.1) is 0 Å². The summed E-state index contributed by atoms with van der Waals surface area (Å²) < 4.78 is 0. The van der Waals surface area contributed by atoms with Crippen LogP contribution in [-0.4, -0.2) is 29.3 Å². The first-order valence-electron chi connectivity index (χ1n) is 8.61. The van der Waals surface area contributed by atoms with Crippen LogP contribution in [0.4, 0.5) is 10.5 Å². The number of para-hydroxylation sites is 1. The molecule has 0 aliphatic carbocycles. The minimum Gasteiger partial charge on any atom is -0.325 e. The van der Waals surface area contributed by atoms with Crippen molar-refractivity contribution in [2.24, 2.45) is 0 Å². The van der Waals surface area contributed by atoms with E-state index in [1.54, 1.807) is 24.3 Å². The first kappa shape index (κ1) is 17.7. The van der Waals surface area contributed by atoms with E-state index in [1.165, 1.54) is 0 Å². The molecule has 4 amide bonds. The van der Waals surface area contributed by atoms with E-state index < -0.39 is 23.4 Å². The van der Waals surface area contributed by atoms with Crippen molar-refractivity contribution in [1.82, 2.24) is 10.2 Å². The lowest BCUT2D eigenvalue weighted by atomic mass is 9.85. The molecule has 26 heavy (non-hydrogen) atoms. The van der Waals surface area contributed by atoms with E-state index in [2.05, 4.69) is 10.6 Å². The number of nitrogens with zero attached hydrogens (tertiary/aromatic N) is 1. The summed E-state index contributed by atoms with van der Waals surface area (Å²) in [6.07, 6.45) is 1.18. The van der Waals surface area contributed by atoms with E-state index in [9.17, 15) is 14.4 Å². The number of hydrogen-bond acceptors (Lipinski definition) is 3. The Balaban J connectivity index is 1.80. The smallest absolute Gasteiger partial charge is 0.325 e. The molecule has 2 N–H and O–H groups in total. The number of benzene rings is 2. The summed E-state index contributed by atoms with van der Waals surface area (Å²) >= 11 is 0. The van der Waals surface area contributed by atoms with Gasteiger partial charge in [-0.05, 0) is 24.1 Å². The second kappa shape index (κ2) is 7.39. The maximum absolute atomic E-state index is 13.1. The number of imide groups is 1. The van der Waals surface area contributed by atoms with Gasteiger partial charge in [0.15, 0.2) is 0 Å². The van der Waals surface area contributed by atoms with Crippen molar-refractivity contribution in [3.05, 3.63) is 66.2 Å². The number of urea groups is 1. The van der Waals surface area contributed by atoms with Gasteiger partial charge in [0.1, 0.15) is 12.1 Å². The van der Waals surface area contributed by atoms with Crippen LogP contribution in [0.3, 0.4) is 0 Å². The average Bonchev–Trinajstić information content (AvgIpc) is 2.89. The molecule has 1 fully saturated rings. The van der Waals surface area contributed by atoms with E-state index in [-0.39, 0.29) is 6.54 Å². The van der Waals surface area contributed by atoms with E-state index in [0.29, 0.717) is 18.5 Å². The molecule has 0 unspecified atom stereocenters. The minimum atomic E-state index is -1.11. The average molecular weight is 351 g/mol. The number of amides is 4. The molecule has 1 heterocycles. The van der Waals surface area contributed by atoms with Crippen LogP contribution >= 0.6 is 0 Å². The summed E-state index contributed by atoms with van der Waals surface area (Å²) in [4.78, 5) is 38.8. The first-order chi connectivity index (χ1) is 12.6. The monoisotopic (exact) mass is 351 g/mol. The van der Waals surface area contributed by atoms with E-state index in [1.807, 2.05) is 43.3 Å². The molecular weight excluding hydrogens is 330 g/mol. The lowest BCUT2D eigenvalue weighted by Gasteiger charge is -2.26. The Hall–Kier alpha value is -3.15. The topological polar surface area (TPSA) is 78.5 Å². The highest BCUT2D eigenvalue weighted by atomic mass is 16.2. The van der Waals surface area contributed by atoms with Gasteiger partial charge in [-0.25, -0.2) is 4.79 Å². The fraction of sp³-hybridized carbons (Fsp3) is 0.250. The number of nitrogens with one attached hydrogen (secondary N) is 2. The quantitative estimate of drug-likeness (QED) is 0.786. The Labute approximate surface area is 152 Å². The number of carbonyl (C=O) groups excluding carboxylic acids is 3. The van der Waals surface area contributed by atoms with Gasteiger partial charge in [0, 0.05) is 5.69 Å². The Kier molecular flexibility index (Phi) is 5.02. The van der Waals surface area contributed by atoms with Crippen LogP contribution in [0.15, 0.2) is 60.7 Å². The summed E-state index contributed by atoms with van der Waals surface area (Å²) in [6.45, 7) is 1.63. The summed E-state index contributed by atoms with van der Waals surface area (Å²) in [5, 5.41) is 5.51. The first-order valence-corrected chi connectivity index (χ1v) is 8.61. The Morgan fingerprint density at radius 2 is 1.65 bits per heavy atom. The van der Waals surface area contributed by atoms with Gasteiger partial charge in [0.25, 0.3) is 5.91 Å². The number of rotatable bonds is 6. The molecule has 1 aliphatic rings. The van der Waals surface area contributed by atoms with Crippen LogP contribution in [0.1, 0.15) is 25.3 Å². The Morgan fingerprint density at radius 1 is 1.04 bits per heavy atom. The van der Waals surface area contributed by atoms with Crippen molar-refractivity contribution in [1.29, 1.82) is 0 Å². The summed E-state index contributed by atoms with van der Waals surface area (Å²) in [6, 6.07) is 17.5. The van der Waals surface area contributed by atoms with Crippen LogP contribution in [0.25, 0.3) is 0 Å².